The Balaban J connectivity index is 2.08. The van der Waals surface area contributed by atoms with Gasteiger partial charge in [0.05, 0.1) is 18.1 Å². The van der Waals surface area contributed by atoms with Gasteiger partial charge in [0, 0.05) is 18.8 Å². The zero-order chi connectivity index (χ0) is 18.5. The van der Waals surface area contributed by atoms with Crippen LogP contribution >= 0.6 is 0 Å². The SMILES string of the molecule is C=CCO/N=C/c1cnc2c(c1)c(=O)n(Cc1ccccc1)c(=O)n2C. The monoisotopic (exact) mass is 350 g/mol. The van der Waals surface area contributed by atoms with Gasteiger partial charge in [-0.1, -0.05) is 48.1 Å². The molecule has 0 atom stereocenters. The first-order valence-electron chi connectivity index (χ1n) is 8.01. The van der Waals surface area contributed by atoms with Crippen molar-refractivity contribution in [3.8, 4) is 0 Å². The van der Waals surface area contributed by atoms with E-state index in [4.69, 9.17) is 4.84 Å². The zero-order valence-corrected chi connectivity index (χ0v) is 14.3. The molecular formula is C19H18N4O3. The molecule has 26 heavy (non-hydrogen) atoms. The number of oxime groups is 1. The number of aryl methyl sites for hydroxylation is 1. The maximum absolute atomic E-state index is 12.9. The van der Waals surface area contributed by atoms with Gasteiger partial charge >= 0.3 is 5.69 Å². The number of hydrogen-bond donors (Lipinski definition) is 0. The maximum Gasteiger partial charge on any atom is 0.332 e. The fourth-order valence-electron chi connectivity index (χ4n) is 2.57. The third kappa shape index (κ3) is 3.46. The van der Waals surface area contributed by atoms with Gasteiger partial charge < -0.3 is 4.84 Å². The van der Waals surface area contributed by atoms with Gasteiger partial charge in [0.1, 0.15) is 12.3 Å². The van der Waals surface area contributed by atoms with Gasteiger partial charge in [0.15, 0.2) is 0 Å². The third-order valence-corrected chi connectivity index (χ3v) is 3.85. The van der Waals surface area contributed by atoms with E-state index in [9.17, 15) is 9.59 Å². The summed E-state index contributed by atoms with van der Waals surface area (Å²) in [6, 6.07) is 11.0. The molecule has 0 saturated carbocycles. The molecule has 0 spiro atoms. The van der Waals surface area contributed by atoms with E-state index in [-0.39, 0.29) is 18.7 Å². The van der Waals surface area contributed by atoms with E-state index in [1.807, 2.05) is 30.3 Å². The summed E-state index contributed by atoms with van der Waals surface area (Å²) >= 11 is 0. The summed E-state index contributed by atoms with van der Waals surface area (Å²) in [4.78, 5) is 34.6. The quantitative estimate of drug-likeness (QED) is 0.293. The van der Waals surface area contributed by atoms with Crippen LogP contribution in [0, 0.1) is 0 Å². The summed E-state index contributed by atoms with van der Waals surface area (Å²) in [5.74, 6) is 0. The highest BCUT2D eigenvalue weighted by Gasteiger charge is 2.12. The van der Waals surface area contributed by atoms with Crippen molar-refractivity contribution >= 4 is 17.2 Å². The molecule has 2 heterocycles. The number of benzene rings is 1. The van der Waals surface area contributed by atoms with Gasteiger partial charge in [-0.25, -0.2) is 9.78 Å². The smallest absolute Gasteiger partial charge is 0.332 e. The number of fused-ring (bicyclic) bond motifs is 1. The van der Waals surface area contributed by atoms with Gasteiger partial charge in [0.2, 0.25) is 0 Å². The first kappa shape index (κ1) is 17.3. The topological polar surface area (TPSA) is 78.5 Å². The van der Waals surface area contributed by atoms with Crippen LogP contribution in [0.1, 0.15) is 11.1 Å². The van der Waals surface area contributed by atoms with Crippen molar-refractivity contribution in [2.24, 2.45) is 12.2 Å². The minimum atomic E-state index is -0.408. The van der Waals surface area contributed by atoms with E-state index in [2.05, 4.69) is 16.7 Å². The molecule has 0 unspecified atom stereocenters. The molecule has 1 aromatic carbocycles. The molecule has 0 saturated heterocycles. The van der Waals surface area contributed by atoms with Crippen molar-refractivity contribution < 1.29 is 4.84 Å². The minimum absolute atomic E-state index is 0.197. The Morgan fingerprint density at radius 2 is 2.04 bits per heavy atom. The first-order valence-corrected chi connectivity index (χ1v) is 8.01. The van der Waals surface area contributed by atoms with Crippen molar-refractivity contribution in [2.45, 2.75) is 6.54 Å². The van der Waals surface area contributed by atoms with Crippen LogP contribution in [0.5, 0.6) is 0 Å². The van der Waals surface area contributed by atoms with E-state index >= 15 is 0 Å². The van der Waals surface area contributed by atoms with Gasteiger partial charge in [0.25, 0.3) is 5.56 Å². The lowest BCUT2D eigenvalue weighted by Crippen LogP contribution is -2.39. The summed E-state index contributed by atoms with van der Waals surface area (Å²) in [6.45, 7) is 4.02. The number of hydrogen-bond acceptors (Lipinski definition) is 5. The summed E-state index contributed by atoms with van der Waals surface area (Å²) in [7, 11) is 1.60. The summed E-state index contributed by atoms with van der Waals surface area (Å²) in [5.41, 5.74) is 1.00. The Hall–Kier alpha value is -3.48. The Morgan fingerprint density at radius 1 is 1.27 bits per heavy atom. The van der Waals surface area contributed by atoms with E-state index in [0.717, 1.165) is 5.56 Å². The fraction of sp³-hybridized carbons (Fsp3) is 0.158. The van der Waals surface area contributed by atoms with Crippen LogP contribution in [-0.2, 0) is 18.4 Å². The van der Waals surface area contributed by atoms with Crippen molar-refractivity contribution in [3.63, 3.8) is 0 Å². The highest BCUT2D eigenvalue weighted by molar-refractivity contribution is 5.85. The number of aromatic nitrogens is 3. The maximum atomic E-state index is 12.9. The average molecular weight is 350 g/mol. The van der Waals surface area contributed by atoms with Crippen LogP contribution in [-0.4, -0.2) is 26.9 Å². The van der Waals surface area contributed by atoms with Crippen LogP contribution in [0.15, 0.2) is 70.0 Å². The molecule has 0 N–H and O–H groups in total. The second-order valence-corrected chi connectivity index (χ2v) is 5.68. The lowest BCUT2D eigenvalue weighted by Gasteiger charge is -2.10. The standard InChI is InChI=1S/C19H18N4O3/c1-3-9-26-21-12-15-10-16-17(20-11-15)22(2)19(25)23(18(16)24)13-14-7-5-4-6-8-14/h3-8,10-12H,1,9,13H2,2H3/b21-12+. The van der Waals surface area contributed by atoms with Gasteiger partial charge in [-0.2, -0.15) is 0 Å². The van der Waals surface area contributed by atoms with E-state index in [0.29, 0.717) is 16.6 Å². The van der Waals surface area contributed by atoms with Gasteiger partial charge in [-0.15, -0.1) is 0 Å². The fourth-order valence-corrected chi connectivity index (χ4v) is 2.57. The lowest BCUT2D eigenvalue weighted by atomic mass is 10.2. The van der Waals surface area contributed by atoms with Crippen LogP contribution < -0.4 is 11.2 Å². The third-order valence-electron chi connectivity index (χ3n) is 3.85. The molecule has 0 aliphatic rings. The van der Waals surface area contributed by atoms with Crippen molar-refractivity contribution in [1.29, 1.82) is 0 Å². The van der Waals surface area contributed by atoms with Crippen molar-refractivity contribution in [2.75, 3.05) is 6.61 Å². The molecular weight excluding hydrogens is 332 g/mol. The normalized spacial score (nSPS) is 11.1. The second kappa shape index (κ2) is 7.60. The molecule has 7 heteroatoms. The molecule has 0 amide bonds. The molecule has 3 rings (SSSR count). The van der Waals surface area contributed by atoms with E-state index < -0.39 is 5.69 Å². The predicted octanol–water partition coefficient (Wildman–Crippen LogP) is 1.68. The molecule has 0 radical (unpaired) electrons. The Bertz CT molecular complexity index is 1080. The number of nitrogens with zero attached hydrogens (tertiary/aromatic N) is 4. The van der Waals surface area contributed by atoms with Crippen LogP contribution in [0.3, 0.4) is 0 Å². The molecule has 7 nitrogen and oxygen atoms in total. The van der Waals surface area contributed by atoms with Crippen LogP contribution in [0.2, 0.25) is 0 Å². The van der Waals surface area contributed by atoms with E-state index in [1.54, 1.807) is 19.2 Å². The van der Waals surface area contributed by atoms with Gasteiger partial charge in [-0.3, -0.25) is 13.9 Å². The molecule has 2 aromatic heterocycles. The molecule has 0 aliphatic carbocycles. The Kier molecular flexibility index (Phi) is 5.07. The number of rotatable bonds is 6. The summed E-state index contributed by atoms with van der Waals surface area (Å²) in [6.07, 6.45) is 4.57. The number of pyridine rings is 1. The minimum Gasteiger partial charge on any atom is -0.392 e. The zero-order valence-electron chi connectivity index (χ0n) is 14.3. The van der Waals surface area contributed by atoms with Crippen molar-refractivity contribution in [3.05, 3.63) is 87.2 Å². The summed E-state index contributed by atoms with van der Waals surface area (Å²) in [5, 5.41) is 4.13. The highest BCUT2D eigenvalue weighted by Crippen LogP contribution is 2.07. The Labute approximate surface area is 149 Å². The average Bonchev–Trinajstić information content (AvgIpc) is 2.67. The second-order valence-electron chi connectivity index (χ2n) is 5.68. The first-order chi connectivity index (χ1) is 12.6. The van der Waals surface area contributed by atoms with Crippen molar-refractivity contribution in [1.82, 2.24) is 14.1 Å². The molecule has 0 fully saturated rings. The lowest BCUT2D eigenvalue weighted by molar-refractivity contribution is 0.176. The summed E-state index contributed by atoms with van der Waals surface area (Å²) < 4.78 is 2.57. The highest BCUT2D eigenvalue weighted by atomic mass is 16.6. The Morgan fingerprint density at radius 3 is 2.77 bits per heavy atom. The molecule has 3 aromatic rings. The molecule has 0 aliphatic heterocycles. The van der Waals surface area contributed by atoms with Crippen LogP contribution in [0.4, 0.5) is 0 Å². The largest absolute Gasteiger partial charge is 0.392 e. The van der Waals surface area contributed by atoms with Crippen LogP contribution in [0.25, 0.3) is 11.0 Å². The van der Waals surface area contributed by atoms with E-state index in [1.165, 1.54) is 21.5 Å². The molecule has 0 bridgehead atoms. The predicted molar refractivity (Wildman–Crippen MR) is 101 cm³/mol. The van der Waals surface area contributed by atoms with Gasteiger partial charge in [-0.05, 0) is 11.6 Å². The molecule has 132 valence electrons.